The monoisotopic (exact) mass is 370 g/mol. The SMILES string of the molecule is C#CCn1c(=NC(=O)c2ccc(F)cc2)sc2cc(OC)c(OC)cc21. The number of benzene rings is 2. The maximum Gasteiger partial charge on any atom is 0.279 e. The molecule has 1 aromatic heterocycles. The Labute approximate surface area is 153 Å². The number of rotatable bonds is 4. The second kappa shape index (κ2) is 7.42. The summed E-state index contributed by atoms with van der Waals surface area (Å²) in [6, 6.07) is 8.84. The van der Waals surface area contributed by atoms with Gasteiger partial charge in [0.1, 0.15) is 5.82 Å². The summed E-state index contributed by atoms with van der Waals surface area (Å²) in [5.74, 6) is 2.81. The number of amides is 1. The lowest BCUT2D eigenvalue weighted by Crippen LogP contribution is -2.16. The minimum atomic E-state index is -0.471. The van der Waals surface area contributed by atoms with Crippen LogP contribution < -0.4 is 14.3 Å². The van der Waals surface area contributed by atoms with E-state index in [-0.39, 0.29) is 6.54 Å². The number of hydrogen-bond acceptors (Lipinski definition) is 4. The van der Waals surface area contributed by atoms with Crippen LogP contribution >= 0.6 is 11.3 Å². The second-order valence-corrected chi connectivity index (χ2v) is 6.28. The predicted molar refractivity (Wildman–Crippen MR) is 98.0 cm³/mol. The number of ether oxygens (including phenoxy) is 2. The quantitative estimate of drug-likeness (QED) is 0.663. The number of carbonyl (C=O) groups is 1. The lowest BCUT2D eigenvalue weighted by atomic mass is 10.2. The Bertz CT molecular complexity index is 1080. The number of carbonyl (C=O) groups excluding carboxylic acids is 1. The molecule has 0 fully saturated rings. The highest BCUT2D eigenvalue weighted by Crippen LogP contribution is 2.33. The van der Waals surface area contributed by atoms with Gasteiger partial charge in [-0.1, -0.05) is 17.3 Å². The lowest BCUT2D eigenvalue weighted by molar-refractivity contribution is 0.0998. The third-order valence-electron chi connectivity index (χ3n) is 3.73. The molecule has 0 saturated carbocycles. The van der Waals surface area contributed by atoms with Gasteiger partial charge in [0.05, 0.1) is 31.0 Å². The van der Waals surface area contributed by atoms with E-state index in [0.29, 0.717) is 21.9 Å². The van der Waals surface area contributed by atoms with E-state index in [2.05, 4.69) is 10.9 Å². The van der Waals surface area contributed by atoms with Gasteiger partial charge >= 0.3 is 0 Å². The average molecular weight is 370 g/mol. The second-order valence-electron chi connectivity index (χ2n) is 5.27. The highest BCUT2D eigenvalue weighted by molar-refractivity contribution is 7.16. The third kappa shape index (κ3) is 3.32. The first kappa shape index (κ1) is 17.7. The van der Waals surface area contributed by atoms with Crippen molar-refractivity contribution < 1.29 is 18.7 Å². The van der Waals surface area contributed by atoms with E-state index < -0.39 is 11.7 Å². The van der Waals surface area contributed by atoms with Crippen LogP contribution in [0.1, 0.15) is 10.4 Å². The first-order valence-electron chi connectivity index (χ1n) is 7.61. The molecule has 1 amide bonds. The van der Waals surface area contributed by atoms with Gasteiger partial charge in [0, 0.05) is 17.7 Å². The molecule has 0 aliphatic rings. The highest BCUT2D eigenvalue weighted by Gasteiger charge is 2.13. The Morgan fingerprint density at radius 3 is 2.50 bits per heavy atom. The molecule has 26 heavy (non-hydrogen) atoms. The van der Waals surface area contributed by atoms with Crippen molar-refractivity contribution in [2.24, 2.45) is 4.99 Å². The molecule has 0 spiro atoms. The first-order chi connectivity index (χ1) is 12.6. The largest absolute Gasteiger partial charge is 0.493 e. The molecular formula is C19H15FN2O3S. The van der Waals surface area contributed by atoms with Crippen LogP contribution in [-0.4, -0.2) is 24.7 Å². The Morgan fingerprint density at radius 2 is 1.88 bits per heavy atom. The van der Waals surface area contributed by atoms with Crippen LogP contribution in [0.5, 0.6) is 11.5 Å². The number of terminal acetylenes is 1. The summed E-state index contributed by atoms with van der Waals surface area (Å²) in [6.07, 6.45) is 5.47. The fourth-order valence-electron chi connectivity index (χ4n) is 2.47. The van der Waals surface area contributed by atoms with Crippen molar-refractivity contribution in [1.29, 1.82) is 0 Å². The van der Waals surface area contributed by atoms with Crippen molar-refractivity contribution in [2.75, 3.05) is 14.2 Å². The van der Waals surface area contributed by atoms with E-state index in [4.69, 9.17) is 15.9 Å². The molecule has 0 N–H and O–H groups in total. The van der Waals surface area contributed by atoms with Gasteiger partial charge in [-0.25, -0.2) is 4.39 Å². The number of thiazole rings is 1. The fourth-order valence-corrected chi connectivity index (χ4v) is 3.51. The molecule has 0 bridgehead atoms. The lowest BCUT2D eigenvalue weighted by Gasteiger charge is -2.08. The van der Waals surface area contributed by atoms with Crippen LogP contribution in [0.25, 0.3) is 10.2 Å². The zero-order chi connectivity index (χ0) is 18.7. The Kier molecular flexibility index (Phi) is 5.05. The van der Waals surface area contributed by atoms with Crippen molar-refractivity contribution in [3.05, 3.63) is 52.6 Å². The zero-order valence-corrected chi connectivity index (χ0v) is 15.0. The van der Waals surface area contributed by atoms with E-state index in [1.807, 2.05) is 6.07 Å². The smallest absolute Gasteiger partial charge is 0.279 e. The normalized spacial score (nSPS) is 11.4. The summed E-state index contributed by atoms with van der Waals surface area (Å²) < 4.78 is 26.3. The molecule has 7 heteroatoms. The summed E-state index contributed by atoms with van der Waals surface area (Å²) in [5, 5.41) is 0. The molecule has 3 rings (SSSR count). The predicted octanol–water partition coefficient (Wildman–Crippen LogP) is 3.23. The molecule has 5 nitrogen and oxygen atoms in total. The average Bonchev–Trinajstić information content (AvgIpc) is 2.97. The number of nitrogens with zero attached hydrogens (tertiary/aromatic N) is 2. The minimum absolute atomic E-state index is 0.241. The number of halogens is 1. The van der Waals surface area contributed by atoms with E-state index in [0.717, 1.165) is 10.2 Å². The van der Waals surface area contributed by atoms with E-state index in [1.54, 1.807) is 24.9 Å². The topological polar surface area (TPSA) is 52.8 Å². The highest BCUT2D eigenvalue weighted by atomic mass is 32.1. The third-order valence-corrected chi connectivity index (χ3v) is 4.77. The zero-order valence-electron chi connectivity index (χ0n) is 14.2. The molecule has 0 radical (unpaired) electrons. The van der Waals surface area contributed by atoms with Gasteiger partial charge in [0.2, 0.25) is 0 Å². The van der Waals surface area contributed by atoms with Crippen LogP contribution in [-0.2, 0) is 6.54 Å². The molecule has 132 valence electrons. The van der Waals surface area contributed by atoms with Crippen molar-refractivity contribution >= 4 is 27.5 Å². The minimum Gasteiger partial charge on any atom is -0.493 e. The van der Waals surface area contributed by atoms with Crippen molar-refractivity contribution in [2.45, 2.75) is 6.54 Å². The molecule has 3 aromatic rings. The van der Waals surface area contributed by atoms with Gasteiger partial charge in [0.25, 0.3) is 5.91 Å². The van der Waals surface area contributed by atoms with E-state index in [9.17, 15) is 9.18 Å². The Hall–Kier alpha value is -3.11. The molecule has 1 heterocycles. The van der Waals surface area contributed by atoms with Crippen molar-refractivity contribution in [3.8, 4) is 23.8 Å². The van der Waals surface area contributed by atoms with Crippen LogP contribution in [0.4, 0.5) is 4.39 Å². The van der Waals surface area contributed by atoms with Gasteiger partial charge in [-0.3, -0.25) is 4.79 Å². The summed E-state index contributed by atoms with van der Waals surface area (Å²) in [7, 11) is 3.10. The van der Waals surface area contributed by atoms with Gasteiger partial charge in [-0.2, -0.15) is 4.99 Å². The van der Waals surface area contributed by atoms with E-state index >= 15 is 0 Å². The number of aromatic nitrogens is 1. The number of methoxy groups -OCH3 is 2. The summed E-state index contributed by atoms with van der Waals surface area (Å²) in [6.45, 7) is 0.241. The van der Waals surface area contributed by atoms with Crippen LogP contribution in [0.15, 0.2) is 41.4 Å². The number of hydrogen-bond donors (Lipinski definition) is 0. The van der Waals surface area contributed by atoms with Gasteiger partial charge < -0.3 is 14.0 Å². The molecular weight excluding hydrogens is 355 g/mol. The standard InChI is InChI=1S/C19H15FN2O3S/c1-4-9-22-14-10-15(24-2)16(25-3)11-17(14)26-19(22)21-18(23)12-5-7-13(20)8-6-12/h1,5-8,10-11H,9H2,2-3H3. The summed E-state index contributed by atoms with van der Waals surface area (Å²) >= 11 is 1.31. The van der Waals surface area contributed by atoms with Gasteiger partial charge in [-0.15, -0.1) is 6.42 Å². The molecule has 2 aromatic carbocycles. The van der Waals surface area contributed by atoms with Crippen molar-refractivity contribution in [1.82, 2.24) is 4.57 Å². The molecule has 0 atom stereocenters. The first-order valence-corrected chi connectivity index (χ1v) is 8.42. The Balaban J connectivity index is 2.18. The molecule has 0 saturated heterocycles. The van der Waals surface area contributed by atoms with Crippen LogP contribution in [0.3, 0.4) is 0 Å². The summed E-state index contributed by atoms with van der Waals surface area (Å²) in [4.78, 5) is 17.0. The maximum absolute atomic E-state index is 13.0. The van der Waals surface area contributed by atoms with Crippen LogP contribution in [0.2, 0.25) is 0 Å². The molecule has 0 unspecified atom stereocenters. The summed E-state index contributed by atoms with van der Waals surface area (Å²) in [5.41, 5.74) is 1.09. The number of fused-ring (bicyclic) bond motifs is 1. The van der Waals surface area contributed by atoms with Crippen molar-refractivity contribution in [3.63, 3.8) is 0 Å². The molecule has 0 aliphatic carbocycles. The van der Waals surface area contributed by atoms with Gasteiger partial charge in [-0.05, 0) is 24.3 Å². The van der Waals surface area contributed by atoms with E-state index in [1.165, 1.54) is 35.6 Å². The fraction of sp³-hybridized carbons (Fsp3) is 0.158. The van der Waals surface area contributed by atoms with Crippen LogP contribution in [0, 0.1) is 18.2 Å². The van der Waals surface area contributed by atoms with Gasteiger partial charge in [0.15, 0.2) is 16.3 Å². The Morgan fingerprint density at radius 1 is 1.23 bits per heavy atom. The molecule has 0 aliphatic heterocycles. The maximum atomic E-state index is 13.0.